The van der Waals surface area contributed by atoms with Crippen molar-refractivity contribution in [3.63, 3.8) is 0 Å². The first kappa shape index (κ1) is 24.2. The molecule has 0 atom stereocenters. The van der Waals surface area contributed by atoms with Crippen LogP contribution in [0.15, 0.2) is 54.0 Å². The summed E-state index contributed by atoms with van der Waals surface area (Å²) in [5, 5.41) is 0.275. The van der Waals surface area contributed by atoms with Crippen LogP contribution in [-0.4, -0.2) is 23.4 Å². The molecule has 0 bridgehead atoms. The number of alkyl halides is 3. The fourth-order valence-corrected chi connectivity index (χ4v) is 4.45. The third-order valence-electron chi connectivity index (χ3n) is 4.20. The number of rotatable bonds is 7. The van der Waals surface area contributed by atoms with Crippen LogP contribution in [0.1, 0.15) is 18.1 Å². The zero-order valence-corrected chi connectivity index (χ0v) is 19.1. The molecule has 3 rings (SSSR count). The molecule has 2 aromatic carbocycles. The number of benzene rings is 2. The van der Waals surface area contributed by atoms with Gasteiger partial charge in [-0.2, -0.15) is 13.2 Å². The number of hydrogen-bond acceptors (Lipinski definition) is 5. The normalized spacial score (nSPS) is 15.4. The minimum atomic E-state index is -4.53. The van der Waals surface area contributed by atoms with Crippen molar-refractivity contribution in [2.45, 2.75) is 13.1 Å². The van der Waals surface area contributed by atoms with Gasteiger partial charge in [-0.25, -0.2) is 0 Å². The molecule has 2 aromatic rings. The molecule has 1 fully saturated rings. The van der Waals surface area contributed by atoms with E-state index in [1.54, 1.807) is 31.2 Å². The lowest BCUT2D eigenvalue weighted by molar-refractivity contribution is -0.137. The van der Waals surface area contributed by atoms with Crippen molar-refractivity contribution in [3.8, 4) is 11.5 Å². The Kier molecular flexibility index (Phi) is 7.53. The Morgan fingerprint density at radius 3 is 2.66 bits per heavy atom. The number of nitrogens with zero attached hydrogens (tertiary/aromatic N) is 1. The molecule has 0 saturated carbocycles. The molecule has 1 aliphatic rings. The lowest BCUT2D eigenvalue weighted by Crippen LogP contribution is -2.27. The van der Waals surface area contributed by atoms with Crippen LogP contribution in [0, 0.1) is 0 Å². The molecule has 1 saturated heterocycles. The van der Waals surface area contributed by atoms with Crippen molar-refractivity contribution < 1.29 is 27.4 Å². The second-order valence-corrected chi connectivity index (χ2v) is 8.51. The topological polar surface area (TPSA) is 38.8 Å². The Bertz CT molecular complexity index is 1100. The van der Waals surface area contributed by atoms with Gasteiger partial charge in [0.05, 0.1) is 27.8 Å². The highest BCUT2D eigenvalue weighted by atomic mass is 35.5. The molecule has 1 heterocycles. The molecule has 0 unspecified atom stereocenters. The van der Waals surface area contributed by atoms with E-state index in [4.69, 9.17) is 33.3 Å². The second-order valence-electron chi connectivity index (χ2n) is 6.43. The lowest BCUT2D eigenvalue weighted by Gasteiger charge is -2.16. The standard InChI is InChI=1S/C22H17ClF3NO3S2/c1-3-8-30-19-16(23)9-13(10-17(19)29-4-2)11-18-20(28)27(21(31)32-18)15-7-5-6-14(12-15)22(24,25)26/h3,5-7,9-12H,1,4,8H2,2H3/b18-11-. The number of amides is 1. The Morgan fingerprint density at radius 2 is 2.00 bits per heavy atom. The molecule has 0 aliphatic carbocycles. The van der Waals surface area contributed by atoms with Crippen molar-refractivity contribution in [2.24, 2.45) is 0 Å². The highest BCUT2D eigenvalue weighted by molar-refractivity contribution is 8.27. The quantitative estimate of drug-likeness (QED) is 0.240. The molecule has 168 valence electrons. The van der Waals surface area contributed by atoms with Crippen molar-refractivity contribution in [1.29, 1.82) is 0 Å². The molecule has 0 N–H and O–H groups in total. The van der Waals surface area contributed by atoms with Crippen LogP contribution < -0.4 is 14.4 Å². The summed E-state index contributed by atoms with van der Waals surface area (Å²) in [6.07, 6.45) is -1.41. The summed E-state index contributed by atoms with van der Waals surface area (Å²) in [6.45, 7) is 5.99. The Hall–Kier alpha value is -2.49. The summed E-state index contributed by atoms with van der Waals surface area (Å²) in [7, 11) is 0. The first-order valence-corrected chi connectivity index (χ1v) is 10.9. The molecule has 1 aliphatic heterocycles. The molecule has 0 spiro atoms. The number of halogens is 4. The van der Waals surface area contributed by atoms with Crippen molar-refractivity contribution in [2.75, 3.05) is 18.1 Å². The highest BCUT2D eigenvalue weighted by Gasteiger charge is 2.36. The largest absolute Gasteiger partial charge is 0.490 e. The van der Waals surface area contributed by atoms with Crippen molar-refractivity contribution in [3.05, 3.63) is 70.1 Å². The van der Waals surface area contributed by atoms with E-state index in [0.717, 1.165) is 28.8 Å². The van der Waals surface area contributed by atoms with Crippen LogP contribution in [0.3, 0.4) is 0 Å². The van der Waals surface area contributed by atoms with E-state index in [2.05, 4.69) is 6.58 Å². The van der Waals surface area contributed by atoms with Gasteiger partial charge >= 0.3 is 6.18 Å². The number of ether oxygens (including phenoxy) is 2. The van der Waals surface area contributed by atoms with Crippen molar-refractivity contribution >= 4 is 57.6 Å². The van der Waals surface area contributed by atoms with E-state index in [1.807, 2.05) is 0 Å². The average Bonchev–Trinajstić information content (AvgIpc) is 3.00. The van der Waals surface area contributed by atoms with Gasteiger partial charge in [-0.05, 0) is 48.9 Å². The maximum absolute atomic E-state index is 13.1. The predicted molar refractivity (Wildman–Crippen MR) is 125 cm³/mol. The summed E-state index contributed by atoms with van der Waals surface area (Å²) in [5.41, 5.74) is -0.267. The van der Waals surface area contributed by atoms with Crippen LogP contribution in [0.4, 0.5) is 18.9 Å². The van der Waals surface area contributed by atoms with E-state index >= 15 is 0 Å². The molecule has 32 heavy (non-hydrogen) atoms. The van der Waals surface area contributed by atoms with Crippen LogP contribution >= 0.6 is 35.6 Å². The fourth-order valence-electron chi connectivity index (χ4n) is 2.88. The number of thioether (sulfide) groups is 1. The summed E-state index contributed by atoms with van der Waals surface area (Å²) in [4.78, 5) is 14.3. The van der Waals surface area contributed by atoms with Gasteiger partial charge in [0.2, 0.25) is 0 Å². The maximum Gasteiger partial charge on any atom is 0.416 e. The Balaban J connectivity index is 1.95. The third-order valence-corrected chi connectivity index (χ3v) is 5.78. The van der Waals surface area contributed by atoms with Crippen LogP contribution in [0.5, 0.6) is 11.5 Å². The van der Waals surface area contributed by atoms with Crippen LogP contribution in [-0.2, 0) is 11.0 Å². The summed E-state index contributed by atoms with van der Waals surface area (Å²) in [5.74, 6) is 0.212. The van der Waals surface area contributed by atoms with E-state index < -0.39 is 17.6 Å². The van der Waals surface area contributed by atoms with Gasteiger partial charge in [0.25, 0.3) is 5.91 Å². The van der Waals surface area contributed by atoms with Gasteiger partial charge in [-0.3, -0.25) is 9.69 Å². The smallest absolute Gasteiger partial charge is 0.416 e. The molecular formula is C22H17ClF3NO3S2. The van der Waals surface area contributed by atoms with Gasteiger partial charge in [0, 0.05) is 0 Å². The van der Waals surface area contributed by atoms with E-state index in [9.17, 15) is 18.0 Å². The minimum Gasteiger partial charge on any atom is -0.490 e. The minimum absolute atomic E-state index is 0.0481. The third kappa shape index (κ3) is 5.28. The first-order chi connectivity index (χ1) is 15.2. The zero-order chi connectivity index (χ0) is 23.5. The van der Waals surface area contributed by atoms with Gasteiger partial charge in [0.15, 0.2) is 15.8 Å². The number of carbonyl (C=O) groups is 1. The van der Waals surface area contributed by atoms with Gasteiger partial charge < -0.3 is 9.47 Å². The van der Waals surface area contributed by atoms with E-state index in [-0.39, 0.29) is 26.5 Å². The first-order valence-electron chi connectivity index (χ1n) is 9.31. The van der Waals surface area contributed by atoms with Gasteiger partial charge in [-0.1, -0.05) is 54.3 Å². The second kappa shape index (κ2) is 9.97. The van der Waals surface area contributed by atoms with E-state index in [0.29, 0.717) is 23.7 Å². The van der Waals surface area contributed by atoms with Gasteiger partial charge in [-0.15, -0.1) is 0 Å². The number of hydrogen-bond donors (Lipinski definition) is 0. The Morgan fingerprint density at radius 1 is 1.25 bits per heavy atom. The fraction of sp³-hybridized carbons (Fsp3) is 0.182. The molecule has 1 amide bonds. The number of carbonyl (C=O) groups excluding carboxylic acids is 1. The monoisotopic (exact) mass is 499 g/mol. The summed E-state index contributed by atoms with van der Waals surface area (Å²) in [6, 6.07) is 7.72. The highest BCUT2D eigenvalue weighted by Crippen LogP contribution is 2.41. The lowest BCUT2D eigenvalue weighted by atomic mass is 10.1. The Labute approximate surface area is 197 Å². The van der Waals surface area contributed by atoms with E-state index in [1.165, 1.54) is 12.1 Å². The predicted octanol–water partition coefficient (Wildman–Crippen LogP) is 6.73. The molecule has 4 nitrogen and oxygen atoms in total. The molecule has 10 heteroatoms. The molecule has 0 aromatic heterocycles. The van der Waals surface area contributed by atoms with Gasteiger partial charge in [0.1, 0.15) is 6.61 Å². The molecule has 0 radical (unpaired) electrons. The zero-order valence-electron chi connectivity index (χ0n) is 16.7. The molecular weight excluding hydrogens is 483 g/mol. The van der Waals surface area contributed by atoms with Crippen molar-refractivity contribution in [1.82, 2.24) is 0 Å². The average molecular weight is 500 g/mol. The SMILES string of the molecule is C=CCOc1c(Cl)cc(/C=C2\SC(=S)N(c3cccc(C(F)(F)F)c3)C2=O)cc1OCC. The number of thiocarbonyl (C=S) groups is 1. The van der Waals surface area contributed by atoms with Crippen LogP contribution in [0.2, 0.25) is 5.02 Å². The maximum atomic E-state index is 13.1. The van der Waals surface area contributed by atoms with Crippen LogP contribution in [0.25, 0.3) is 6.08 Å². The summed E-state index contributed by atoms with van der Waals surface area (Å²) < 4.78 is 50.5. The number of anilines is 1. The summed E-state index contributed by atoms with van der Waals surface area (Å²) >= 11 is 12.6.